The van der Waals surface area contributed by atoms with E-state index >= 15 is 0 Å². The number of furan rings is 1. The quantitative estimate of drug-likeness (QED) is 0.187. The zero-order chi connectivity index (χ0) is 33.2. The molecule has 8 aromatic carbocycles. The maximum absolute atomic E-state index is 6.28. The van der Waals surface area contributed by atoms with Crippen molar-refractivity contribution < 1.29 is 4.42 Å². The summed E-state index contributed by atoms with van der Waals surface area (Å²) in [6.07, 6.45) is 0. The molecule has 0 aliphatic rings. The number of fused-ring (bicyclic) bond motifs is 9. The van der Waals surface area contributed by atoms with Crippen molar-refractivity contribution in [2.45, 2.75) is 0 Å². The Morgan fingerprint density at radius 1 is 0.353 bits per heavy atom. The molecule has 0 aliphatic carbocycles. The highest BCUT2D eigenvalue weighted by atomic mass is 16.3. The highest BCUT2D eigenvalue weighted by Crippen LogP contribution is 2.46. The molecule has 0 bridgehead atoms. The van der Waals surface area contributed by atoms with Gasteiger partial charge in [0.15, 0.2) is 0 Å². The van der Waals surface area contributed by atoms with Crippen LogP contribution in [0.25, 0.3) is 110 Å². The Balaban J connectivity index is 1.21. The first-order valence-corrected chi connectivity index (χ1v) is 17.5. The first kappa shape index (κ1) is 27.0. The van der Waals surface area contributed by atoms with E-state index in [0.717, 1.165) is 33.2 Å². The maximum atomic E-state index is 6.28. The van der Waals surface area contributed by atoms with Gasteiger partial charge in [-0.2, -0.15) is 0 Å². The Kier molecular flexibility index (Phi) is 5.23. The van der Waals surface area contributed by atoms with Crippen molar-refractivity contribution in [1.29, 1.82) is 0 Å². The molecule has 0 aliphatic heterocycles. The van der Waals surface area contributed by atoms with Crippen molar-refractivity contribution >= 4 is 81.8 Å². The second kappa shape index (κ2) is 9.87. The van der Waals surface area contributed by atoms with Gasteiger partial charge < -0.3 is 13.4 Å². The van der Waals surface area contributed by atoms with Crippen LogP contribution in [0.3, 0.4) is 0 Å². The first-order valence-electron chi connectivity index (χ1n) is 17.5. The molecule has 3 heteroatoms. The van der Waals surface area contributed by atoms with E-state index in [1.165, 1.54) is 76.6 Å². The van der Waals surface area contributed by atoms with Gasteiger partial charge in [-0.05, 0) is 76.2 Å². The van der Waals surface area contributed by atoms with E-state index in [4.69, 9.17) is 4.42 Å². The molecule has 0 spiro atoms. The van der Waals surface area contributed by atoms with Gasteiger partial charge in [-0.1, -0.05) is 121 Å². The zero-order valence-corrected chi connectivity index (χ0v) is 27.5. The molecule has 12 aromatic rings. The standard InChI is InChI=1S/C48H28N2O/c1-2-11-29(12-3-1)30-23-24-35-37-25-26-41-47-46-36(34-15-4-6-19-39(34)50(48(37)47)42(35)28-30)18-9-20-40(46)49(41)32-14-8-13-31(27-32)33-17-10-22-44-45(33)38-16-5-7-21-43(38)51-44/h1-28H. The van der Waals surface area contributed by atoms with E-state index in [1.807, 2.05) is 6.07 Å². The molecule has 0 radical (unpaired) electrons. The van der Waals surface area contributed by atoms with Crippen LogP contribution in [0.5, 0.6) is 0 Å². The first-order chi connectivity index (χ1) is 25.3. The fraction of sp³-hybridized carbons (Fsp3) is 0. The molecule has 4 aromatic heterocycles. The molecule has 0 saturated carbocycles. The summed E-state index contributed by atoms with van der Waals surface area (Å²) in [6.45, 7) is 0. The minimum Gasteiger partial charge on any atom is -0.456 e. The average molecular weight is 649 g/mol. The fourth-order valence-electron chi connectivity index (χ4n) is 8.93. The largest absolute Gasteiger partial charge is 0.456 e. The SMILES string of the molecule is c1ccc(-c2ccc3c4ccc5c6c7c(cccc7n5-c5cccc(-c7cccc8oc9ccccc9c78)c5)c5ccccc5n(c3c2)c46)cc1. The van der Waals surface area contributed by atoms with Gasteiger partial charge in [0, 0.05) is 43.4 Å². The zero-order valence-electron chi connectivity index (χ0n) is 27.5. The van der Waals surface area contributed by atoms with Crippen LogP contribution in [0.2, 0.25) is 0 Å². The predicted molar refractivity (Wildman–Crippen MR) is 214 cm³/mol. The number of rotatable bonds is 3. The fourth-order valence-corrected chi connectivity index (χ4v) is 8.93. The molecule has 236 valence electrons. The molecule has 0 saturated heterocycles. The van der Waals surface area contributed by atoms with Crippen LogP contribution in [-0.2, 0) is 0 Å². The van der Waals surface area contributed by atoms with E-state index < -0.39 is 0 Å². The predicted octanol–water partition coefficient (Wildman–Crippen LogP) is 13.2. The highest BCUT2D eigenvalue weighted by molar-refractivity contribution is 6.33. The third-order valence-electron chi connectivity index (χ3n) is 11.0. The van der Waals surface area contributed by atoms with Crippen LogP contribution >= 0.6 is 0 Å². The van der Waals surface area contributed by atoms with Crippen molar-refractivity contribution in [3.05, 3.63) is 170 Å². The number of nitrogens with zero attached hydrogens (tertiary/aromatic N) is 2. The molecule has 0 amide bonds. The van der Waals surface area contributed by atoms with Crippen molar-refractivity contribution in [1.82, 2.24) is 8.97 Å². The van der Waals surface area contributed by atoms with Gasteiger partial charge >= 0.3 is 0 Å². The topological polar surface area (TPSA) is 22.5 Å². The smallest absolute Gasteiger partial charge is 0.136 e. The summed E-state index contributed by atoms with van der Waals surface area (Å²) in [4.78, 5) is 0. The Morgan fingerprint density at radius 2 is 1.04 bits per heavy atom. The van der Waals surface area contributed by atoms with Crippen LogP contribution in [-0.4, -0.2) is 8.97 Å². The number of hydrogen-bond donors (Lipinski definition) is 0. The molecular formula is C48H28N2O. The Morgan fingerprint density at radius 3 is 1.98 bits per heavy atom. The number of benzene rings is 8. The van der Waals surface area contributed by atoms with Crippen molar-refractivity contribution in [3.63, 3.8) is 0 Å². The van der Waals surface area contributed by atoms with Crippen LogP contribution in [0, 0.1) is 0 Å². The third-order valence-corrected chi connectivity index (χ3v) is 11.0. The second-order valence-corrected chi connectivity index (χ2v) is 13.7. The van der Waals surface area contributed by atoms with Gasteiger partial charge in [0.2, 0.25) is 0 Å². The van der Waals surface area contributed by atoms with E-state index in [9.17, 15) is 0 Å². The summed E-state index contributed by atoms with van der Waals surface area (Å²) < 4.78 is 11.3. The van der Waals surface area contributed by atoms with Crippen molar-refractivity contribution in [3.8, 4) is 27.9 Å². The van der Waals surface area contributed by atoms with Crippen LogP contribution < -0.4 is 0 Å². The summed E-state index contributed by atoms with van der Waals surface area (Å²) in [6, 6.07) is 61.8. The van der Waals surface area contributed by atoms with Gasteiger partial charge in [0.1, 0.15) is 11.2 Å². The van der Waals surface area contributed by atoms with Crippen LogP contribution in [0.1, 0.15) is 0 Å². The van der Waals surface area contributed by atoms with Crippen LogP contribution in [0.4, 0.5) is 0 Å². The molecule has 12 rings (SSSR count). The van der Waals surface area contributed by atoms with Crippen molar-refractivity contribution in [2.75, 3.05) is 0 Å². The third kappa shape index (κ3) is 3.57. The molecule has 3 nitrogen and oxygen atoms in total. The number of hydrogen-bond acceptors (Lipinski definition) is 1. The summed E-state index contributed by atoms with van der Waals surface area (Å²) in [5, 5.41) is 9.93. The second-order valence-electron chi connectivity index (χ2n) is 13.7. The summed E-state index contributed by atoms with van der Waals surface area (Å²) in [5.41, 5.74) is 13.9. The minimum absolute atomic E-state index is 0.909. The average Bonchev–Trinajstić information content (AvgIpc) is 3.82. The van der Waals surface area contributed by atoms with Crippen LogP contribution in [0.15, 0.2) is 174 Å². The lowest BCUT2D eigenvalue weighted by molar-refractivity contribution is 0.669. The van der Waals surface area contributed by atoms with E-state index in [2.05, 4.69) is 173 Å². The normalized spacial score (nSPS) is 12.3. The van der Waals surface area contributed by atoms with E-state index in [-0.39, 0.29) is 0 Å². The maximum Gasteiger partial charge on any atom is 0.136 e. The molecular weight excluding hydrogens is 621 g/mol. The number of aromatic nitrogens is 2. The Bertz CT molecular complexity index is 3360. The summed E-state index contributed by atoms with van der Waals surface area (Å²) in [5.74, 6) is 0. The molecule has 0 unspecified atom stereocenters. The number of para-hydroxylation sites is 2. The molecule has 0 N–H and O–H groups in total. The molecule has 0 fully saturated rings. The van der Waals surface area contributed by atoms with Gasteiger partial charge in [-0.15, -0.1) is 0 Å². The summed E-state index contributed by atoms with van der Waals surface area (Å²) in [7, 11) is 0. The van der Waals surface area contributed by atoms with Gasteiger partial charge in [0.25, 0.3) is 0 Å². The minimum atomic E-state index is 0.909. The van der Waals surface area contributed by atoms with E-state index in [0.29, 0.717) is 0 Å². The Labute approximate surface area is 292 Å². The Hall–Kier alpha value is -6.84. The lowest BCUT2D eigenvalue weighted by Crippen LogP contribution is -1.95. The monoisotopic (exact) mass is 648 g/mol. The van der Waals surface area contributed by atoms with Gasteiger partial charge in [-0.3, -0.25) is 0 Å². The molecule has 4 heterocycles. The van der Waals surface area contributed by atoms with Crippen molar-refractivity contribution in [2.24, 2.45) is 0 Å². The summed E-state index contributed by atoms with van der Waals surface area (Å²) >= 11 is 0. The molecule has 51 heavy (non-hydrogen) atoms. The van der Waals surface area contributed by atoms with E-state index in [1.54, 1.807) is 0 Å². The lowest BCUT2D eigenvalue weighted by atomic mass is 9.99. The van der Waals surface area contributed by atoms with Gasteiger partial charge in [0.05, 0.1) is 27.6 Å². The highest BCUT2D eigenvalue weighted by Gasteiger charge is 2.23. The molecule has 0 atom stereocenters. The lowest BCUT2D eigenvalue weighted by Gasteiger charge is -2.12. The van der Waals surface area contributed by atoms with Gasteiger partial charge in [-0.25, -0.2) is 0 Å².